The lowest BCUT2D eigenvalue weighted by Gasteiger charge is -2.34. The number of amides is 2. The van der Waals surface area contributed by atoms with E-state index in [1.54, 1.807) is 0 Å². The maximum Gasteiger partial charge on any atom is 0.282 e. The van der Waals surface area contributed by atoms with Crippen LogP contribution >= 0.6 is 0 Å². The Balaban J connectivity index is 1.80. The smallest absolute Gasteiger partial charge is 0.282 e. The van der Waals surface area contributed by atoms with Crippen LogP contribution in [0.25, 0.3) is 5.57 Å². The zero-order valence-corrected chi connectivity index (χ0v) is 19.0. The van der Waals surface area contributed by atoms with Crippen LogP contribution in [0.3, 0.4) is 0 Å². The van der Waals surface area contributed by atoms with Crippen molar-refractivity contribution in [2.24, 2.45) is 0 Å². The fourth-order valence-corrected chi connectivity index (χ4v) is 4.31. The summed E-state index contributed by atoms with van der Waals surface area (Å²) in [7, 11) is 6.01. The lowest BCUT2D eigenvalue weighted by Crippen LogP contribution is -2.46. The quantitative estimate of drug-likeness (QED) is 0.715. The molecule has 0 unspecified atom stereocenters. The van der Waals surface area contributed by atoms with Crippen molar-refractivity contribution in [1.82, 2.24) is 9.80 Å². The van der Waals surface area contributed by atoms with Crippen LogP contribution in [0.5, 0.6) is 0 Å². The summed E-state index contributed by atoms with van der Waals surface area (Å²) < 4.78 is 0. The number of aryl methyl sites for hydroxylation is 2. The molecule has 162 valence electrons. The Hall–Kier alpha value is -3.12. The topological polar surface area (TPSA) is 47.1 Å². The molecule has 2 amide bonds. The van der Waals surface area contributed by atoms with Gasteiger partial charge in [-0.3, -0.25) is 9.59 Å². The molecule has 0 aromatic heterocycles. The van der Waals surface area contributed by atoms with Gasteiger partial charge in [0.05, 0.1) is 11.3 Å². The minimum absolute atomic E-state index is 0.234. The molecule has 0 bridgehead atoms. The highest BCUT2D eigenvalue weighted by molar-refractivity contribution is 6.45. The zero-order valence-electron chi connectivity index (χ0n) is 19.0. The van der Waals surface area contributed by atoms with E-state index in [4.69, 9.17) is 0 Å². The van der Waals surface area contributed by atoms with Crippen LogP contribution < -0.4 is 9.80 Å². The number of carbonyl (C=O) groups excluding carboxylic acids is 2. The molecule has 1 saturated heterocycles. The van der Waals surface area contributed by atoms with Crippen LogP contribution in [0.1, 0.15) is 16.7 Å². The summed E-state index contributed by atoms with van der Waals surface area (Å²) in [5, 5.41) is 0. The Morgan fingerprint density at radius 2 is 1.48 bits per heavy atom. The van der Waals surface area contributed by atoms with Crippen molar-refractivity contribution in [2.45, 2.75) is 13.8 Å². The van der Waals surface area contributed by atoms with Crippen LogP contribution in [0.4, 0.5) is 11.4 Å². The van der Waals surface area contributed by atoms with Crippen molar-refractivity contribution in [1.29, 1.82) is 0 Å². The first kappa shape index (κ1) is 21.1. The number of nitrogens with zero attached hydrogens (tertiary/aromatic N) is 4. The third-order valence-corrected chi connectivity index (χ3v) is 6.15. The first-order valence-corrected chi connectivity index (χ1v) is 10.7. The number of rotatable bonds is 4. The van der Waals surface area contributed by atoms with Crippen molar-refractivity contribution in [3.63, 3.8) is 0 Å². The molecule has 0 spiro atoms. The molecule has 1 fully saturated rings. The Kier molecular flexibility index (Phi) is 5.58. The molecule has 6 nitrogen and oxygen atoms in total. The predicted octanol–water partition coefficient (Wildman–Crippen LogP) is 2.90. The standard InChI is InChI=1S/C25H30N4O2/c1-17-6-11-21(18(2)16-17)22-23(28-14-12-27(5)13-15-28)25(31)29(24(22)30)20-9-7-19(8-10-20)26(3)4/h6-11,16H,12-15H2,1-5H3. The van der Waals surface area contributed by atoms with Crippen molar-refractivity contribution < 1.29 is 9.59 Å². The number of anilines is 2. The minimum Gasteiger partial charge on any atom is -0.378 e. The predicted molar refractivity (Wildman–Crippen MR) is 125 cm³/mol. The molecule has 0 saturated carbocycles. The number of imide groups is 1. The van der Waals surface area contributed by atoms with Crippen molar-refractivity contribution in [3.05, 3.63) is 64.9 Å². The van der Waals surface area contributed by atoms with E-state index < -0.39 is 0 Å². The summed E-state index contributed by atoms with van der Waals surface area (Å²) in [6.45, 7) is 7.22. The highest BCUT2D eigenvalue weighted by Gasteiger charge is 2.43. The average Bonchev–Trinajstić information content (AvgIpc) is 2.99. The molecule has 0 atom stereocenters. The normalized spacial score (nSPS) is 17.7. The van der Waals surface area contributed by atoms with Crippen molar-refractivity contribution in [2.75, 3.05) is 57.1 Å². The van der Waals surface area contributed by atoms with E-state index in [-0.39, 0.29) is 11.8 Å². The summed E-state index contributed by atoms with van der Waals surface area (Å²) in [5.74, 6) is -0.481. The highest BCUT2D eigenvalue weighted by atomic mass is 16.2. The fourth-order valence-electron chi connectivity index (χ4n) is 4.31. The number of likely N-dealkylation sites (N-methyl/N-ethyl adjacent to an activating group) is 1. The van der Waals surface area contributed by atoms with E-state index in [0.717, 1.165) is 48.6 Å². The average molecular weight is 419 g/mol. The first-order valence-electron chi connectivity index (χ1n) is 10.7. The van der Waals surface area contributed by atoms with Crippen LogP contribution in [0, 0.1) is 13.8 Å². The summed E-state index contributed by atoms with van der Waals surface area (Å²) in [4.78, 5) is 35.0. The fraction of sp³-hybridized carbons (Fsp3) is 0.360. The molecule has 2 aromatic rings. The van der Waals surface area contributed by atoms with E-state index in [1.807, 2.05) is 69.2 Å². The van der Waals surface area contributed by atoms with Gasteiger partial charge in [-0.25, -0.2) is 4.90 Å². The molecule has 6 heteroatoms. The molecule has 2 aromatic carbocycles. The van der Waals surface area contributed by atoms with Gasteiger partial charge in [0.15, 0.2) is 0 Å². The number of hydrogen-bond acceptors (Lipinski definition) is 5. The molecule has 2 aliphatic heterocycles. The number of carbonyl (C=O) groups is 2. The molecular formula is C25H30N4O2. The van der Waals surface area contributed by atoms with Gasteiger partial charge < -0.3 is 14.7 Å². The van der Waals surface area contributed by atoms with E-state index >= 15 is 0 Å². The van der Waals surface area contributed by atoms with Crippen LogP contribution in [0.15, 0.2) is 48.2 Å². The molecule has 2 heterocycles. The second kappa shape index (κ2) is 8.19. The Bertz CT molecular complexity index is 1050. The van der Waals surface area contributed by atoms with Crippen LogP contribution in [-0.2, 0) is 9.59 Å². The Morgan fingerprint density at radius 1 is 0.839 bits per heavy atom. The lowest BCUT2D eigenvalue weighted by atomic mass is 9.97. The lowest BCUT2D eigenvalue weighted by molar-refractivity contribution is -0.120. The van der Waals surface area contributed by atoms with Gasteiger partial charge in [0, 0.05) is 46.0 Å². The van der Waals surface area contributed by atoms with Gasteiger partial charge in [-0.05, 0) is 56.3 Å². The summed E-state index contributed by atoms with van der Waals surface area (Å²) in [6, 6.07) is 13.6. The summed E-state index contributed by atoms with van der Waals surface area (Å²) >= 11 is 0. The summed E-state index contributed by atoms with van der Waals surface area (Å²) in [5.41, 5.74) is 5.65. The zero-order chi connectivity index (χ0) is 22.3. The van der Waals surface area contributed by atoms with E-state index in [1.165, 1.54) is 4.90 Å². The minimum atomic E-state index is -0.247. The molecule has 0 N–H and O–H groups in total. The SMILES string of the molecule is Cc1ccc(C2=C(N3CCN(C)CC3)C(=O)N(c3ccc(N(C)C)cc3)C2=O)c(C)c1. The van der Waals surface area contributed by atoms with Crippen molar-refractivity contribution in [3.8, 4) is 0 Å². The second-order valence-electron chi connectivity index (χ2n) is 8.69. The summed E-state index contributed by atoms with van der Waals surface area (Å²) in [6.07, 6.45) is 0. The van der Waals surface area contributed by atoms with Gasteiger partial charge in [-0.1, -0.05) is 23.8 Å². The first-order chi connectivity index (χ1) is 14.8. The maximum atomic E-state index is 13.7. The largest absolute Gasteiger partial charge is 0.378 e. The van der Waals surface area contributed by atoms with Gasteiger partial charge in [-0.2, -0.15) is 0 Å². The van der Waals surface area contributed by atoms with E-state index in [0.29, 0.717) is 17.0 Å². The molecule has 4 rings (SSSR count). The number of piperazine rings is 1. The van der Waals surface area contributed by atoms with Gasteiger partial charge in [0.1, 0.15) is 5.70 Å². The van der Waals surface area contributed by atoms with Crippen LogP contribution in [0.2, 0.25) is 0 Å². The molecule has 0 radical (unpaired) electrons. The van der Waals surface area contributed by atoms with E-state index in [2.05, 4.69) is 22.9 Å². The van der Waals surface area contributed by atoms with Gasteiger partial charge in [0.25, 0.3) is 11.8 Å². The van der Waals surface area contributed by atoms with Gasteiger partial charge in [0.2, 0.25) is 0 Å². The molecule has 0 aliphatic carbocycles. The second-order valence-corrected chi connectivity index (χ2v) is 8.69. The highest BCUT2D eigenvalue weighted by Crippen LogP contribution is 2.37. The number of benzene rings is 2. The number of hydrogen-bond donors (Lipinski definition) is 0. The Labute approximate surface area is 184 Å². The molecule has 2 aliphatic rings. The Morgan fingerprint density at radius 3 is 2.06 bits per heavy atom. The monoisotopic (exact) mass is 418 g/mol. The van der Waals surface area contributed by atoms with Gasteiger partial charge in [-0.15, -0.1) is 0 Å². The van der Waals surface area contributed by atoms with Gasteiger partial charge >= 0.3 is 0 Å². The van der Waals surface area contributed by atoms with Crippen molar-refractivity contribution >= 4 is 28.8 Å². The van der Waals surface area contributed by atoms with Crippen LogP contribution in [-0.4, -0.2) is 68.9 Å². The van der Waals surface area contributed by atoms with E-state index in [9.17, 15) is 9.59 Å². The molecular weight excluding hydrogens is 388 g/mol. The molecule has 31 heavy (non-hydrogen) atoms. The third kappa shape index (κ3) is 3.83. The maximum absolute atomic E-state index is 13.7. The third-order valence-electron chi connectivity index (χ3n) is 6.15.